The van der Waals surface area contributed by atoms with Crippen LogP contribution >= 0.6 is 11.6 Å². The first-order valence-corrected chi connectivity index (χ1v) is 5.99. The molecule has 0 radical (unpaired) electrons. The molecule has 1 aliphatic rings. The van der Waals surface area contributed by atoms with E-state index in [0.717, 1.165) is 6.54 Å². The minimum Gasteiger partial charge on any atom is -0.476 e. The number of halogens is 1. The fourth-order valence-corrected chi connectivity index (χ4v) is 2.32. The zero-order valence-corrected chi connectivity index (χ0v) is 9.86. The van der Waals surface area contributed by atoms with Gasteiger partial charge in [-0.1, -0.05) is 18.0 Å². The maximum atomic E-state index is 5.71. The van der Waals surface area contributed by atoms with Crippen molar-refractivity contribution in [2.75, 3.05) is 13.2 Å². The second kappa shape index (κ2) is 5.46. The molecule has 0 aliphatic heterocycles. The summed E-state index contributed by atoms with van der Waals surface area (Å²) >= 11 is 5.64. The van der Waals surface area contributed by atoms with Gasteiger partial charge in [0.15, 0.2) is 5.15 Å². The van der Waals surface area contributed by atoms with Crippen LogP contribution in [0.2, 0.25) is 5.15 Å². The molecule has 88 valence electrons. The van der Waals surface area contributed by atoms with Crippen LogP contribution in [0.5, 0.6) is 5.88 Å². The summed E-state index contributed by atoms with van der Waals surface area (Å²) in [4.78, 5) is 0. The van der Waals surface area contributed by atoms with Gasteiger partial charge in [0.05, 0.1) is 6.61 Å². The third-order valence-electron chi connectivity index (χ3n) is 3.17. The third kappa shape index (κ3) is 2.83. The number of rotatable bonds is 4. The predicted molar refractivity (Wildman–Crippen MR) is 62.4 cm³/mol. The Labute approximate surface area is 100 Å². The Bertz CT molecular complexity index is 331. The number of nitrogens with zero attached hydrogens (tertiary/aromatic N) is 2. The predicted octanol–water partition coefficient (Wildman–Crippen LogP) is 1.88. The van der Waals surface area contributed by atoms with Gasteiger partial charge in [-0.3, -0.25) is 0 Å². The number of ether oxygens (including phenoxy) is 1. The quantitative estimate of drug-likeness (QED) is 0.875. The van der Waals surface area contributed by atoms with Crippen molar-refractivity contribution < 1.29 is 4.74 Å². The van der Waals surface area contributed by atoms with E-state index in [4.69, 9.17) is 22.1 Å². The molecule has 16 heavy (non-hydrogen) atoms. The van der Waals surface area contributed by atoms with Gasteiger partial charge in [0.2, 0.25) is 5.88 Å². The van der Waals surface area contributed by atoms with Gasteiger partial charge < -0.3 is 10.5 Å². The van der Waals surface area contributed by atoms with E-state index in [1.165, 1.54) is 19.3 Å². The molecule has 1 heterocycles. The molecular formula is C11H16ClN3O. The first-order valence-electron chi connectivity index (χ1n) is 5.61. The van der Waals surface area contributed by atoms with Crippen LogP contribution in [0.1, 0.15) is 19.3 Å². The highest BCUT2D eigenvalue weighted by molar-refractivity contribution is 6.29. The molecule has 0 bridgehead atoms. The van der Waals surface area contributed by atoms with E-state index in [-0.39, 0.29) is 0 Å². The van der Waals surface area contributed by atoms with Gasteiger partial charge in [0, 0.05) is 6.07 Å². The summed E-state index contributed by atoms with van der Waals surface area (Å²) in [6, 6.07) is 3.42. The van der Waals surface area contributed by atoms with E-state index < -0.39 is 0 Å². The molecule has 0 aromatic carbocycles. The first-order chi connectivity index (χ1) is 7.79. The largest absolute Gasteiger partial charge is 0.476 e. The highest BCUT2D eigenvalue weighted by atomic mass is 35.5. The number of hydrogen-bond donors (Lipinski definition) is 1. The lowest BCUT2D eigenvalue weighted by Gasteiger charge is -2.17. The lowest BCUT2D eigenvalue weighted by Crippen LogP contribution is -2.23. The molecule has 1 aromatic heterocycles. The van der Waals surface area contributed by atoms with Crippen molar-refractivity contribution in [3.8, 4) is 5.88 Å². The molecule has 2 rings (SSSR count). The molecule has 0 spiro atoms. The molecule has 1 fully saturated rings. The molecule has 0 saturated heterocycles. The third-order valence-corrected chi connectivity index (χ3v) is 3.37. The number of hydrogen-bond acceptors (Lipinski definition) is 4. The van der Waals surface area contributed by atoms with Crippen molar-refractivity contribution in [2.45, 2.75) is 19.3 Å². The van der Waals surface area contributed by atoms with Crippen molar-refractivity contribution in [1.82, 2.24) is 10.2 Å². The highest BCUT2D eigenvalue weighted by Gasteiger charge is 2.26. The minimum absolute atomic E-state index is 0.382. The minimum atomic E-state index is 0.382. The second-order valence-corrected chi connectivity index (χ2v) is 4.58. The molecule has 5 heteroatoms. The summed E-state index contributed by atoms with van der Waals surface area (Å²) in [5.74, 6) is 1.69. The zero-order chi connectivity index (χ0) is 11.4. The maximum Gasteiger partial charge on any atom is 0.233 e. The average molecular weight is 242 g/mol. The Morgan fingerprint density at radius 1 is 1.31 bits per heavy atom. The van der Waals surface area contributed by atoms with Crippen molar-refractivity contribution >= 4 is 11.6 Å². The van der Waals surface area contributed by atoms with Gasteiger partial charge in [-0.15, -0.1) is 10.2 Å². The molecule has 1 aromatic rings. The first kappa shape index (κ1) is 11.6. The lowest BCUT2D eigenvalue weighted by atomic mass is 9.97. The zero-order valence-electron chi connectivity index (χ0n) is 9.10. The summed E-state index contributed by atoms with van der Waals surface area (Å²) in [6.45, 7) is 1.43. The van der Waals surface area contributed by atoms with Crippen LogP contribution in [0.4, 0.5) is 0 Å². The molecule has 4 nitrogen and oxygen atoms in total. The van der Waals surface area contributed by atoms with Crippen LogP contribution in [-0.4, -0.2) is 23.3 Å². The Hall–Kier alpha value is -0.870. The average Bonchev–Trinajstić information content (AvgIpc) is 2.76. The van der Waals surface area contributed by atoms with E-state index in [1.807, 2.05) is 0 Å². The molecule has 2 atom stereocenters. The van der Waals surface area contributed by atoms with Gasteiger partial charge in [0.1, 0.15) is 0 Å². The van der Waals surface area contributed by atoms with Crippen LogP contribution in [-0.2, 0) is 0 Å². The van der Waals surface area contributed by atoms with Crippen LogP contribution in [0.3, 0.4) is 0 Å². The smallest absolute Gasteiger partial charge is 0.233 e. The lowest BCUT2D eigenvalue weighted by molar-refractivity contribution is 0.208. The Morgan fingerprint density at radius 3 is 2.81 bits per heavy atom. The fraction of sp³-hybridized carbons (Fsp3) is 0.636. The van der Waals surface area contributed by atoms with Crippen LogP contribution in [0.25, 0.3) is 0 Å². The van der Waals surface area contributed by atoms with E-state index in [9.17, 15) is 0 Å². The van der Waals surface area contributed by atoms with Gasteiger partial charge in [0.25, 0.3) is 0 Å². The van der Waals surface area contributed by atoms with Crippen molar-refractivity contribution in [3.05, 3.63) is 17.3 Å². The van der Waals surface area contributed by atoms with Gasteiger partial charge in [-0.25, -0.2) is 0 Å². The molecule has 1 aliphatic carbocycles. The Balaban J connectivity index is 1.85. The molecule has 0 amide bonds. The van der Waals surface area contributed by atoms with Crippen molar-refractivity contribution in [3.63, 3.8) is 0 Å². The van der Waals surface area contributed by atoms with Gasteiger partial charge in [-0.2, -0.15) is 0 Å². The summed E-state index contributed by atoms with van der Waals surface area (Å²) in [7, 11) is 0. The van der Waals surface area contributed by atoms with E-state index in [2.05, 4.69) is 10.2 Å². The Morgan fingerprint density at radius 2 is 2.12 bits per heavy atom. The normalized spacial score (nSPS) is 24.6. The highest BCUT2D eigenvalue weighted by Crippen LogP contribution is 2.31. The van der Waals surface area contributed by atoms with Crippen LogP contribution < -0.4 is 10.5 Å². The monoisotopic (exact) mass is 241 g/mol. The van der Waals surface area contributed by atoms with Gasteiger partial charge >= 0.3 is 0 Å². The maximum absolute atomic E-state index is 5.71. The van der Waals surface area contributed by atoms with Crippen molar-refractivity contribution in [2.24, 2.45) is 17.6 Å². The van der Waals surface area contributed by atoms with E-state index in [1.54, 1.807) is 12.1 Å². The summed E-state index contributed by atoms with van der Waals surface area (Å²) in [5.41, 5.74) is 5.71. The second-order valence-electron chi connectivity index (χ2n) is 4.19. The molecule has 1 saturated carbocycles. The van der Waals surface area contributed by atoms with E-state index >= 15 is 0 Å². The Kier molecular flexibility index (Phi) is 3.96. The van der Waals surface area contributed by atoms with Crippen molar-refractivity contribution in [1.29, 1.82) is 0 Å². The standard InChI is InChI=1S/C11H16ClN3O/c12-10-4-5-11(15-14-10)16-7-9-3-1-2-8(9)6-13/h4-5,8-9H,1-3,6-7,13H2. The SMILES string of the molecule is NCC1CCCC1COc1ccc(Cl)nn1. The van der Waals surface area contributed by atoms with E-state index in [0.29, 0.717) is 29.5 Å². The van der Waals surface area contributed by atoms with Crippen LogP contribution in [0.15, 0.2) is 12.1 Å². The molecule has 2 unspecified atom stereocenters. The van der Waals surface area contributed by atoms with Crippen LogP contribution in [0, 0.1) is 11.8 Å². The topological polar surface area (TPSA) is 61.0 Å². The molecular weight excluding hydrogens is 226 g/mol. The number of nitrogens with two attached hydrogens (primary N) is 1. The fourth-order valence-electron chi connectivity index (χ4n) is 2.22. The summed E-state index contributed by atoms with van der Waals surface area (Å²) in [5, 5.41) is 7.97. The summed E-state index contributed by atoms with van der Waals surface area (Å²) in [6.07, 6.45) is 3.67. The molecule has 2 N–H and O–H groups in total. The summed E-state index contributed by atoms with van der Waals surface area (Å²) < 4.78 is 5.59. The van der Waals surface area contributed by atoms with Gasteiger partial charge in [-0.05, 0) is 37.3 Å². The number of aromatic nitrogens is 2.